The third kappa shape index (κ3) is 11.6. The summed E-state index contributed by atoms with van der Waals surface area (Å²) in [7, 11) is 3.71. The van der Waals surface area contributed by atoms with E-state index >= 15 is 0 Å². The summed E-state index contributed by atoms with van der Waals surface area (Å²) in [5.74, 6) is 0. The van der Waals surface area contributed by atoms with Gasteiger partial charge in [0.1, 0.15) is 4.32 Å². The molecule has 0 N–H and O–H groups in total. The van der Waals surface area contributed by atoms with Gasteiger partial charge in [0.25, 0.3) is 0 Å². The molecular weight excluding hydrogens is 176 g/mol. The van der Waals surface area contributed by atoms with Gasteiger partial charge in [0.2, 0.25) is 0 Å². The summed E-state index contributed by atoms with van der Waals surface area (Å²) in [5.41, 5.74) is 0. The summed E-state index contributed by atoms with van der Waals surface area (Å²) in [6, 6.07) is 0. The van der Waals surface area contributed by atoms with E-state index < -0.39 is 0 Å². The van der Waals surface area contributed by atoms with Crippen molar-refractivity contribution in [1.29, 1.82) is 0 Å². The minimum absolute atomic E-state index is 0. The van der Waals surface area contributed by atoms with Gasteiger partial charge in [-0.25, -0.2) is 0 Å². The topological polar surface area (TPSA) is 3.24 Å². The van der Waals surface area contributed by atoms with Crippen LogP contribution in [0.1, 0.15) is 2.85 Å². The van der Waals surface area contributed by atoms with Crippen LogP contribution in [-0.2, 0) is 0 Å². The Morgan fingerprint density at radius 2 is 1.75 bits per heavy atom. The smallest absolute Gasteiger partial charge is 1.00 e. The second-order valence-corrected chi connectivity index (χ2v) is 2.29. The fraction of sp³-hybridized carbons (Fsp3) is 0.667. The Bertz CT molecular complexity index is 75.5. The standard InChI is InChI=1S/C3H7NS2.K.Na.2H/c1-4(2)3(5)6;;;;/h1-2H3,(H,5,6);;;;/q;2*+1;2*-1. The predicted molar refractivity (Wildman–Crippen MR) is 37.5 cm³/mol. The number of thiocarbonyl (C=S) groups is 1. The van der Waals surface area contributed by atoms with Crippen LogP contribution >= 0.6 is 24.8 Å². The first-order valence-corrected chi connectivity index (χ1v) is 2.40. The molecule has 0 amide bonds. The monoisotopic (exact) mass is 185 g/mol. The van der Waals surface area contributed by atoms with Crippen molar-refractivity contribution >= 4 is 29.2 Å². The van der Waals surface area contributed by atoms with Gasteiger partial charge in [-0.1, -0.05) is 12.2 Å². The molecule has 8 heavy (non-hydrogen) atoms. The van der Waals surface area contributed by atoms with E-state index in [0.717, 1.165) is 0 Å². The van der Waals surface area contributed by atoms with Crippen molar-refractivity contribution in [3.8, 4) is 0 Å². The predicted octanol–water partition coefficient (Wildman–Crippen LogP) is -5.00. The summed E-state index contributed by atoms with van der Waals surface area (Å²) < 4.78 is 0.620. The van der Waals surface area contributed by atoms with Crippen LogP contribution in [0, 0.1) is 0 Å². The van der Waals surface area contributed by atoms with E-state index in [1.165, 1.54) is 0 Å². The molecule has 0 aliphatic rings. The summed E-state index contributed by atoms with van der Waals surface area (Å²) >= 11 is 8.46. The second-order valence-electron chi connectivity index (χ2n) is 1.18. The quantitative estimate of drug-likeness (QED) is 0.229. The first-order valence-electron chi connectivity index (χ1n) is 1.55. The van der Waals surface area contributed by atoms with Crippen LogP contribution in [0.15, 0.2) is 0 Å². The Hall–Kier alpha value is 2.88. The molecule has 0 aromatic heterocycles. The van der Waals surface area contributed by atoms with Crippen LogP contribution in [0.5, 0.6) is 0 Å². The molecule has 0 aromatic carbocycles. The SMILES string of the molecule is CN(C)C(=S)S.[H-].[H-].[K+].[Na+]. The zero-order valence-corrected chi connectivity index (χ0v) is 12.6. The van der Waals surface area contributed by atoms with Gasteiger partial charge >= 0.3 is 80.9 Å². The van der Waals surface area contributed by atoms with Crippen molar-refractivity contribution in [2.45, 2.75) is 0 Å². The molecule has 40 valence electrons. The molecule has 0 heterocycles. The molecule has 0 spiro atoms. The van der Waals surface area contributed by atoms with Crippen molar-refractivity contribution < 1.29 is 83.8 Å². The Morgan fingerprint density at radius 3 is 1.75 bits per heavy atom. The van der Waals surface area contributed by atoms with Gasteiger partial charge < -0.3 is 7.75 Å². The molecule has 0 fully saturated rings. The maximum atomic E-state index is 4.61. The Labute approximate surface area is 129 Å². The van der Waals surface area contributed by atoms with E-state index in [4.69, 9.17) is 0 Å². The second kappa shape index (κ2) is 9.88. The molecular formula is C3H9KNNaS2. The van der Waals surface area contributed by atoms with Gasteiger partial charge in [-0.05, 0) is 0 Å². The molecule has 0 unspecified atom stereocenters. The fourth-order valence-corrected chi connectivity index (χ4v) is 0. The van der Waals surface area contributed by atoms with Gasteiger partial charge in [-0.2, -0.15) is 0 Å². The number of rotatable bonds is 0. The first kappa shape index (κ1) is 17.1. The van der Waals surface area contributed by atoms with Crippen molar-refractivity contribution in [1.82, 2.24) is 4.90 Å². The maximum Gasteiger partial charge on any atom is 1.00 e. The van der Waals surface area contributed by atoms with Gasteiger partial charge in [0, 0.05) is 14.1 Å². The fourth-order valence-electron chi connectivity index (χ4n) is 0. The molecule has 0 saturated carbocycles. The normalized spacial score (nSPS) is 5.88. The van der Waals surface area contributed by atoms with Gasteiger partial charge in [0.15, 0.2) is 0 Å². The van der Waals surface area contributed by atoms with Crippen molar-refractivity contribution in [3.63, 3.8) is 0 Å². The Morgan fingerprint density at radius 1 is 1.62 bits per heavy atom. The van der Waals surface area contributed by atoms with Crippen molar-refractivity contribution in [3.05, 3.63) is 0 Å². The summed E-state index contributed by atoms with van der Waals surface area (Å²) in [4.78, 5) is 1.76. The van der Waals surface area contributed by atoms with Gasteiger partial charge in [-0.3, -0.25) is 0 Å². The Balaban J connectivity index is -0.0000000208. The van der Waals surface area contributed by atoms with Crippen molar-refractivity contribution in [2.75, 3.05) is 14.1 Å². The number of thiol groups is 1. The van der Waals surface area contributed by atoms with Crippen LogP contribution < -0.4 is 80.9 Å². The van der Waals surface area contributed by atoms with E-state index in [1.807, 2.05) is 14.1 Å². The summed E-state index contributed by atoms with van der Waals surface area (Å²) in [6.45, 7) is 0. The van der Waals surface area contributed by atoms with Crippen LogP contribution in [0.4, 0.5) is 0 Å². The van der Waals surface area contributed by atoms with Gasteiger partial charge in [-0.15, -0.1) is 12.6 Å². The molecule has 0 saturated heterocycles. The molecule has 0 aliphatic heterocycles. The van der Waals surface area contributed by atoms with E-state index in [9.17, 15) is 0 Å². The Kier molecular flexibility index (Phi) is 21.1. The van der Waals surface area contributed by atoms with Crippen LogP contribution in [0.25, 0.3) is 0 Å². The number of nitrogens with zero attached hydrogens (tertiary/aromatic N) is 1. The molecule has 0 rings (SSSR count). The molecule has 0 aliphatic carbocycles. The average Bonchev–Trinajstić information content (AvgIpc) is 1.36. The molecule has 0 atom stereocenters. The summed E-state index contributed by atoms with van der Waals surface area (Å²) in [6.07, 6.45) is 0. The van der Waals surface area contributed by atoms with Crippen LogP contribution in [-0.4, -0.2) is 23.3 Å². The molecule has 5 heteroatoms. The largest absolute Gasteiger partial charge is 1.00 e. The minimum atomic E-state index is 0. The average molecular weight is 185 g/mol. The molecule has 0 aromatic rings. The number of hydrogen-bond acceptors (Lipinski definition) is 1. The van der Waals surface area contributed by atoms with E-state index in [0.29, 0.717) is 4.32 Å². The zero-order valence-electron chi connectivity index (χ0n) is 7.80. The minimum Gasteiger partial charge on any atom is -1.00 e. The maximum absolute atomic E-state index is 4.61. The summed E-state index contributed by atoms with van der Waals surface area (Å²) in [5, 5.41) is 0. The van der Waals surface area contributed by atoms with Gasteiger partial charge in [0.05, 0.1) is 0 Å². The third-order valence-corrected chi connectivity index (χ3v) is 1.15. The first-order chi connectivity index (χ1) is 2.64. The van der Waals surface area contributed by atoms with E-state index in [2.05, 4.69) is 24.8 Å². The van der Waals surface area contributed by atoms with Crippen LogP contribution in [0.2, 0.25) is 0 Å². The van der Waals surface area contributed by atoms with Crippen molar-refractivity contribution in [2.24, 2.45) is 0 Å². The van der Waals surface area contributed by atoms with E-state index in [-0.39, 0.29) is 83.8 Å². The van der Waals surface area contributed by atoms with Crippen LogP contribution in [0.3, 0.4) is 0 Å². The van der Waals surface area contributed by atoms with E-state index in [1.54, 1.807) is 4.90 Å². The molecule has 0 radical (unpaired) electrons. The third-order valence-electron chi connectivity index (χ3n) is 0.383. The zero-order chi connectivity index (χ0) is 5.15. The number of hydrogen-bond donors (Lipinski definition) is 1. The molecule has 0 bridgehead atoms. The molecule has 1 nitrogen and oxygen atoms in total.